The van der Waals surface area contributed by atoms with E-state index in [9.17, 15) is 4.79 Å². The van der Waals surface area contributed by atoms with Gasteiger partial charge in [-0.3, -0.25) is 4.79 Å². The van der Waals surface area contributed by atoms with Gasteiger partial charge in [-0.05, 0) is 5.92 Å². The van der Waals surface area contributed by atoms with E-state index in [0.29, 0.717) is 24.7 Å². The standard InChI is InChI=1S/C12H17ClN6O/c1-8(2)6-19-12(20)11(13)9(4-16-19)14-5-10-17-15-7-18(10)3/h4,7-8,14H,5-6H2,1-3H3. The highest BCUT2D eigenvalue weighted by Crippen LogP contribution is 2.16. The Bertz CT molecular complexity index is 648. The van der Waals surface area contributed by atoms with Crippen molar-refractivity contribution in [3.05, 3.63) is 33.7 Å². The largest absolute Gasteiger partial charge is 0.375 e. The Kier molecular flexibility index (Phi) is 4.39. The van der Waals surface area contributed by atoms with Crippen LogP contribution in [0.2, 0.25) is 5.02 Å². The normalized spacial score (nSPS) is 11.1. The van der Waals surface area contributed by atoms with Crippen LogP contribution in [0.5, 0.6) is 0 Å². The molecule has 0 spiro atoms. The van der Waals surface area contributed by atoms with Gasteiger partial charge in [0.15, 0.2) is 5.82 Å². The quantitative estimate of drug-likeness (QED) is 0.899. The van der Waals surface area contributed by atoms with Crippen LogP contribution in [-0.4, -0.2) is 24.5 Å². The lowest BCUT2D eigenvalue weighted by Gasteiger charge is -2.11. The zero-order valence-corrected chi connectivity index (χ0v) is 12.4. The van der Waals surface area contributed by atoms with Gasteiger partial charge in [0.1, 0.15) is 11.3 Å². The predicted octanol–water partition coefficient (Wildman–Crippen LogP) is 1.29. The molecule has 0 saturated carbocycles. The molecule has 20 heavy (non-hydrogen) atoms. The van der Waals surface area contributed by atoms with Crippen molar-refractivity contribution < 1.29 is 0 Å². The van der Waals surface area contributed by atoms with Crippen molar-refractivity contribution in [2.45, 2.75) is 26.9 Å². The summed E-state index contributed by atoms with van der Waals surface area (Å²) < 4.78 is 3.16. The van der Waals surface area contributed by atoms with Crippen LogP contribution in [0.1, 0.15) is 19.7 Å². The predicted molar refractivity (Wildman–Crippen MR) is 76.7 cm³/mol. The van der Waals surface area contributed by atoms with E-state index >= 15 is 0 Å². The molecule has 2 heterocycles. The van der Waals surface area contributed by atoms with Crippen LogP contribution in [0, 0.1) is 5.92 Å². The maximum Gasteiger partial charge on any atom is 0.287 e. The second kappa shape index (κ2) is 6.04. The first-order chi connectivity index (χ1) is 9.49. The number of aromatic nitrogens is 5. The number of nitrogens with one attached hydrogen (secondary N) is 1. The third kappa shape index (κ3) is 3.16. The molecule has 7 nitrogen and oxygen atoms in total. The Balaban J connectivity index is 2.15. The van der Waals surface area contributed by atoms with Gasteiger partial charge in [0.25, 0.3) is 5.56 Å². The van der Waals surface area contributed by atoms with Crippen LogP contribution in [-0.2, 0) is 20.1 Å². The van der Waals surface area contributed by atoms with E-state index in [-0.39, 0.29) is 10.6 Å². The van der Waals surface area contributed by atoms with Gasteiger partial charge in [-0.25, -0.2) is 4.68 Å². The Hall–Kier alpha value is -1.89. The Morgan fingerprint density at radius 1 is 1.45 bits per heavy atom. The fourth-order valence-electron chi connectivity index (χ4n) is 1.71. The zero-order valence-electron chi connectivity index (χ0n) is 11.7. The lowest BCUT2D eigenvalue weighted by Crippen LogP contribution is -2.26. The second-order valence-corrected chi connectivity index (χ2v) is 5.34. The number of rotatable bonds is 5. The highest BCUT2D eigenvalue weighted by Gasteiger charge is 2.11. The first-order valence-electron chi connectivity index (χ1n) is 6.31. The topological polar surface area (TPSA) is 77.6 Å². The summed E-state index contributed by atoms with van der Waals surface area (Å²) in [6, 6.07) is 0. The monoisotopic (exact) mass is 296 g/mol. The molecular weight excluding hydrogens is 280 g/mol. The number of nitrogens with zero attached hydrogens (tertiary/aromatic N) is 5. The summed E-state index contributed by atoms with van der Waals surface area (Å²) in [4.78, 5) is 12.0. The lowest BCUT2D eigenvalue weighted by atomic mass is 10.2. The smallest absolute Gasteiger partial charge is 0.287 e. The van der Waals surface area contributed by atoms with Crippen LogP contribution in [0.3, 0.4) is 0 Å². The lowest BCUT2D eigenvalue weighted by molar-refractivity contribution is 0.464. The number of anilines is 1. The van der Waals surface area contributed by atoms with E-state index in [1.54, 1.807) is 17.1 Å². The number of hydrogen-bond acceptors (Lipinski definition) is 5. The fourth-order valence-corrected chi connectivity index (χ4v) is 1.92. The van der Waals surface area contributed by atoms with Crippen LogP contribution in [0.4, 0.5) is 5.69 Å². The molecule has 0 aliphatic heterocycles. The molecule has 0 radical (unpaired) electrons. The molecule has 2 aromatic heterocycles. The molecule has 0 aromatic carbocycles. The first-order valence-corrected chi connectivity index (χ1v) is 6.69. The van der Waals surface area contributed by atoms with Crippen molar-refractivity contribution >= 4 is 17.3 Å². The van der Waals surface area contributed by atoms with Gasteiger partial charge in [-0.2, -0.15) is 5.10 Å². The van der Waals surface area contributed by atoms with Gasteiger partial charge in [-0.1, -0.05) is 25.4 Å². The second-order valence-electron chi connectivity index (χ2n) is 4.96. The number of hydrogen-bond donors (Lipinski definition) is 1. The van der Waals surface area contributed by atoms with Crippen molar-refractivity contribution in [2.24, 2.45) is 13.0 Å². The number of halogens is 1. The fraction of sp³-hybridized carbons (Fsp3) is 0.500. The summed E-state index contributed by atoms with van der Waals surface area (Å²) in [7, 11) is 1.84. The minimum Gasteiger partial charge on any atom is -0.375 e. The van der Waals surface area contributed by atoms with E-state index in [0.717, 1.165) is 5.82 Å². The molecule has 2 rings (SSSR count). The molecule has 0 atom stereocenters. The molecule has 0 saturated heterocycles. The minimum atomic E-state index is -0.289. The minimum absolute atomic E-state index is 0.141. The van der Waals surface area contributed by atoms with E-state index in [4.69, 9.17) is 11.6 Å². The maximum atomic E-state index is 12.0. The summed E-state index contributed by atoms with van der Waals surface area (Å²) in [6.45, 7) is 5.00. The van der Waals surface area contributed by atoms with Gasteiger partial charge >= 0.3 is 0 Å². The van der Waals surface area contributed by atoms with Crippen molar-refractivity contribution in [1.29, 1.82) is 0 Å². The third-order valence-corrected chi connectivity index (χ3v) is 3.13. The van der Waals surface area contributed by atoms with Crippen molar-refractivity contribution in [1.82, 2.24) is 24.5 Å². The van der Waals surface area contributed by atoms with E-state index in [1.165, 1.54) is 4.68 Å². The van der Waals surface area contributed by atoms with E-state index in [2.05, 4.69) is 20.6 Å². The van der Waals surface area contributed by atoms with E-state index in [1.807, 2.05) is 20.9 Å². The summed E-state index contributed by atoms with van der Waals surface area (Å²) in [5, 5.41) is 15.0. The van der Waals surface area contributed by atoms with Gasteiger partial charge in [0, 0.05) is 13.6 Å². The Morgan fingerprint density at radius 2 is 2.20 bits per heavy atom. The average molecular weight is 297 g/mol. The van der Waals surface area contributed by atoms with Crippen molar-refractivity contribution in [2.75, 3.05) is 5.32 Å². The van der Waals surface area contributed by atoms with Crippen LogP contribution in [0.25, 0.3) is 0 Å². The summed E-state index contributed by atoms with van der Waals surface area (Å²) in [5.41, 5.74) is 0.211. The molecule has 0 bridgehead atoms. The van der Waals surface area contributed by atoms with Gasteiger partial charge < -0.3 is 9.88 Å². The molecule has 0 fully saturated rings. The van der Waals surface area contributed by atoms with Crippen LogP contribution >= 0.6 is 11.6 Å². The van der Waals surface area contributed by atoms with Gasteiger partial charge in [0.05, 0.1) is 18.4 Å². The molecule has 2 aromatic rings. The SMILES string of the molecule is CC(C)Cn1ncc(NCc2nncn2C)c(Cl)c1=O. The van der Waals surface area contributed by atoms with Crippen molar-refractivity contribution in [3.8, 4) is 0 Å². The van der Waals surface area contributed by atoms with E-state index < -0.39 is 0 Å². The Labute approximate surface area is 121 Å². The van der Waals surface area contributed by atoms with Crippen molar-refractivity contribution in [3.63, 3.8) is 0 Å². The molecule has 0 unspecified atom stereocenters. The van der Waals surface area contributed by atoms with Crippen LogP contribution in [0.15, 0.2) is 17.3 Å². The Morgan fingerprint density at radius 3 is 2.80 bits per heavy atom. The third-order valence-electron chi connectivity index (χ3n) is 2.77. The highest BCUT2D eigenvalue weighted by atomic mass is 35.5. The molecule has 1 N–H and O–H groups in total. The summed E-state index contributed by atoms with van der Waals surface area (Å²) >= 11 is 6.08. The first kappa shape index (κ1) is 14.5. The molecular formula is C12H17ClN6O. The average Bonchev–Trinajstić information content (AvgIpc) is 2.79. The number of aryl methyl sites for hydroxylation is 1. The highest BCUT2D eigenvalue weighted by molar-refractivity contribution is 6.32. The maximum absolute atomic E-state index is 12.0. The molecule has 0 aliphatic carbocycles. The van der Waals surface area contributed by atoms with Crippen LogP contribution < -0.4 is 10.9 Å². The molecule has 108 valence electrons. The van der Waals surface area contributed by atoms with Gasteiger partial charge in [-0.15, -0.1) is 10.2 Å². The summed E-state index contributed by atoms with van der Waals surface area (Å²) in [5.74, 6) is 1.07. The summed E-state index contributed by atoms with van der Waals surface area (Å²) in [6.07, 6.45) is 3.17. The van der Waals surface area contributed by atoms with Gasteiger partial charge in [0.2, 0.25) is 0 Å². The molecule has 0 aliphatic rings. The molecule has 8 heteroatoms. The zero-order chi connectivity index (χ0) is 14.7. The molecule has 0 amide bonds.